The Kier molecular flexibility index (Phi) is 3.28. The average Bonchev–Trinajstić information content (AvgIpc) is 2.78. The lowest BCUT2D eigenvalue weighted by Crippen LogP contribution is -2.12. The topological polar surface area (TPSA) is 37.3 Å². The van der Waals surface area contributed by atoms with E-state index in [2.05, 4.69) is 6.07 Å². The van der Waals surface area contributed by atoms with Crippen molar-refractivity contribution >= 4 is 27.4 Å². The average molecular weight is 282 g/mol. The molecule has 0 unspecified atom stereocenters. The van der Waals surface area contributed by atoms with E-state index in [0.717, 1.165) is 26.1 Å². The van der Waals surface area contributed by atoms with Gasteiger partial charge in [0.1, 0.15) is 5.92 Å². The highest BCUT2D eigenvalue weighted by Crippen LogP contribution is 2.38. The minimum atomic E-state index is -0.800. The monoisotopic (exact) mass is 282 g/mol. The number of aliphatic carboxylic acids is 1. The minimum Gasteiger partial charge on any atom is -0.481 e. The van der Waals surface area contributed by atoms with E-state index in [-0.39, 0.29) is 0 Å². The van der Waals surface area contributed by atoms with E-state index in [4.69, 9.17) is 0 Å². The second-order valence-corrected chi connectivity index (χ2v) is 5.85. The van der Waals surface area contributed by atoms with Crippen LogP contribution in [0.2, 0.25) is 0 Å². The number of aryl methyl sites for hydroxylation is 1. The van der Waals surface area contributed by atoms with Crippen LogP contribution in [0.5, 0.6) is 0 Å². The van der Waals surface area contributed by atoms with Crippen LogP contribution in [-0.2, 0) is 4.79 Å². The van der Waals surface area contributed by atoms with E-state index in [9.17, 15) is 9.90 Å². The number of carboxylic acid groups (broad SMARTS) is 1. The van der Waals surface area contributed by atoms with Crippen LogP contribution in [0.25, 0.3) is 10.1 Å². The molecule has 1 aromatic heterocycles. The van der Waals surface area contributed by atoms with Gasteiger partial charge in [-0.3, -0.25) is 4.79 Å². The molecule has 0 aliphatic heterocycles. The normalized spacial score (nSPS) is 12.4. The highest BCUT2D eigenvalue weighted by Gasteiger charge is 2.26. The Morgan fingerprint density at radius 1 is 1.05 bits per heavy atom. The number of carboxylic acids is 1. The number of hydrogen-bond acceptors (Lipinski definition) is 2. The zero-order valence-corrected chi connectivity index (χ0v) is 11.9. The molecule has 0 aliphatic carbocycles. The van der Waals surface area contributed by atoms with Crippen molar-refractivity contribution < 1.29 is 9.90 Å². The van der Waals surface area contributed by atoms with Crippen molar-refractivity contribution in [2.24, 2.45) is 0 Å². The number of carbonyl (C=O) groups is 1. The highest BCUT2D eigenvalue weighted by molar-refractivity contribution is 7.19. The lowest BCUT2D eigenvalue weighted by atomic mass is 9.94. The van der Waals surface area contributed by atoms with Gasteiger partial charge in [0.05, 0.1) is 0 Å². The third-order valence-corrected chi connectivity index (χ3v) is 4.86. The Balaban J connectivity index is 2.20. The van der Waals surface area contributed by atoms with Crippen LogP contribution < -0.4 is 0 Å². The van der Waals surface area contributed by atoms with Gasteiger partial charge in [-0.1, -0.05) is 48.5 Å². The Hall–Kier alpha value is -2.13. The van der Waals surface area contributed by atoms with Gasteiger partial charge >= 0.3 is 5.97 Å². The molecule has 0 bridgehead atoms. The zero-order valence-electron chi connectivity index (χ0n) is 11.0. The molecule has 3 heteroatoms. The standard InChI is InChI=1S/C17H14O2S/c1-11-13-9-5-6-10-14(13)20-16(11)15(17(18)19)12-7-3-2-4-8-12/h2-10,15H,1H3,(H,18,19)/t15-/m1/s1. The third kappa shape index (κ3) is 2.10. The van der Waals surface area contributed by atoms with Crippen molar-refractivity contribution in [1.82, 2.24) is 0 Å². The number of fused-ring (bicyclic) bond motifs is 1. The van der Waals surface area contributed by atoms with Gasteiger partial charge in [-0.05, 0) is 29.5 Å². The maximum atomic E-state index is 11.7. The van der Waals surface area contributed by atoms with Gasteiger partial charge in [-0.25, -0.2) is 0 Å². The summed E-state index contributed by atoms with van der Waals surface area (Å²) in [6.45, 7) is 2.01. The number of benzene rings is 2. The van der Waals surface area contributed by atoms with Crippen molar-refractivity contribution in [1.29, 1.82) is 0 Å². The van der Waals surface area contributed by atoms with Crippen LogP contribution in [0.4, 0.5) is 0 Å². The fourth-order valence-corrected chi connectivity index (χ4v) is 3.85. The summed E-state index contributed by atoms with van der Waals surface area (Å²) in [5.74, 6) is -1.39. The van der Waals surface area contributed by atoms with Crippen LogP contribution in [-0.4, -0.2) is 11.1 Å². The maximum absolute atomic E-state index is 11.7. The molecular weight excluding hydrogens is 268 g/mol. The van der Waals surface area contributed by atoms with E-state index in [1.54, 1.807) is 11.3 Å². The first-order valence-electron chi connectivity index (χ1n) is 6.44. The Morgan fingerprint density at radius 3 is 2.35 bits per heavy atom. The quantitative estimate of drug-likeness (QED) is 0.771. The second-order valence-electron chi connectivity index (χ2n) is 4.77. The molecule has 2 aromatic carbocycles. The molecule has 1 heterocycles. The molecule has 2 nitrogen and oxygen atoms in total. The summed E-state index contributed by atoms with van der Waals surface area (Å²) < 4.78 is 1.14. The molecule has 3 aromatic rings. The van der Waals surface area contributed by atoms with Gasteiger partial charge in [-0.2, -0.15) is 0 Å². The van der Waals surface area contributed by atoms with Gasteiger partial charge in [0.15, 0.2) is 0 Å². The molecule has 0 amide bonds. The van der Waals surface area contributed by atoms with Crippen LogP contribution in [0.15, 0.2) is 54.6 Å². The number of thiophene rings is 1. The van der Waals surface area contributed by atoms with E-state index in [1.807, 2.05) is 55.5 Å². The highest BCUT2D eigenvalue weighted by atomic mass is 32.1. The van der Waals surface area contributed by atoms with Gasteiger partial charge in [0.2, 0.25) is 0 Å². The number of hydrogen-bond donors (Lipinski definition) is 1. The molecule has 3 rings (SSSR count). The predicted octanol–water partition coefficient (Wildman–Crippen LogP) is 4.43. The van der Waals surface area contributed by atoms with E-state index >= 15 is 0 Å². The molecule has 0 radical (unpaired) electrons. The van der Waals surface area contributed by atoms with E-state index < -0.39 is 11.9 Å². The van der Waals surface area contributed by atoms with Gasteiger partial charge in [0, 0.05) is 9.58 Å². The van der Waals surface area contributed by atoms with Crippen molar-refractivity contribution in [3.63, 3.8) is 0 Å². The molecule has 0 spiro atoms. The van der Waals surface area contributed by atoms with E-state index in [0.29, 0.717) is 0 Å². The van der Waals surface area contributed by atoms with Crippen LogP contribution in [0, 0.1) is 6.92 Å². The molecule has 0 saturated heterocycles. The van der Waals surface area contributed by atoms with Gasteiger partial charge in [-0.15, -0.1) is 11.3 Å². The molecular formula is C17H14O2S. The lowest BCUT2D eigenvalue weighted by molar-refractivity contribution is -0.137. The summed E-state index contributed by atoms with van der Waals surface area (Å²) in [5, 5.41) is 10.8. The predicted molar refractivity (Wildman–Crippen MR) is 82.5 cm³/mol. The molecule has 20 heavy (non-hydrogen) atoms. The summed E-state index contributed by atoms with van der Waals surface area (Å²) in [6.07, 6.45) is 0. The first kappa shape index (κ1) is 12.9. The SMILES string of the molecule is Cc1c([C@H](C(=O)O)c2ccccc2)sc2ccccc12. The van der Waals surface area contributed by atoms with Crippen molar-refractivity contribution in [3.05, 3.63) is 70.6 Å². The Bertz CT molecular complexity index is 759. The zero-order chi connectivity index (χ0) is 14.1. The first-order chi connectivity index (χ1) is 9.68. The third-order valence-electron chi connectivity index (χ3n) is 3.52. The van der Waals surface area contributed by atoms with Crippen molar-refractivity contribution in [2.45, 2.75) is 12.8 Å². The van der Waals surface area contributed by atoms with Crippen molar-refractivity contribution in [3.8, 4) is 0 Å². The molecule has 100 valence electrons. The molecule has 0 aliphatic rings. The summed E-state index contributed by atoms with van der Waals surface area (Å²) in [5.41, 5.74) is 1.90. The summed E-state index contributed by atoms with van der Waals surface area (Å²) in [6, 6.07) is 17.5. The molecule has 0 saturated carbocycles. The minimum absolute atomic E-state index is 0.589. The Morgan fingerprint density at radius 2 is 1.70 bits per heavy atom. The molecule has 1 N–H and O–H groups in total. The fraction of sp³-hybridized carbons (Fsp3) is 0.118. The van der Waals surface area contributed by atoms with Crippen LogP contribution in [0.1, 0.15) is 21.9 Å². The lowest BCUT2D eigenvalue weighted by Gasteiger charge is -2.12. The number of rotatable bonds is 3. The van der Waals surface area contributed by atoms with Gasteiger partial charge < -0.3 is 5.11 Å². The van der Waals surface area contributed by atoms with Gasteiger partial charge in [0.25, 0.3) is 0 Å². The first-order valence-corrected chi connectivity index (χ1v) is 7.26. The molecule has 0 fully saturated rings. The summed E-state index contributed by atoms with van der Waals surface area (Å²) in [7, 11) is 0. The Labute approximate surface area is 121 Å². The van der Waals surface area contributed by atoms with E-state index in [1.165, 1.54) is 0 Å². The second kappa shape index (κ2) is 5.10. The smallest absolute Gasteiger partial charge is 0.316 e. The maximum Gasteiger partial charge on any atom is 0.316 e. The van der Waals surface area contributed by atoms with Crippen LogP contribution >= 0.6 is 11.3 Å². The largest absolute Gasteiger partial charge is 0.481 e. The van der Waals surface area contributed by atoms with Crippen LogP contribution in [0.3, 0.4) is 0 Å². The summed E-state index contributed by atoms with van der Waals surface area (Å²) >= 11 is 1.57. The summed E-state index contributed by atoms with van der Waals surface area (Å²) in [4.78, 5) is 12.7. The fourth-order valence-electron chi connectivity index (χ4n) is 2.52. The van der Waals surface area contributed by atoms with Crippen molar-refractivity contribution in [2.75, 3.05) is 0 Å². The molecule has 1 atom stereocenters.